The van der Waals surface area contributed by atoms with Gasteiger partial charge in [0.25, 0.3) is 0 Å². The van der Waals surface area contributed by atoms with E-state index in [9.17, 15) is 14.0 Å². The van der Waals surface area contributed by atoms with Crippen molar-refractivity contribution in [1.29, 1.82) is 0 Å². The summed E-state index contributed by atoms with van der Waals surface area (Å²) in [6, 6.07) is 11.3. The van der Waals surface area contributed by atoms with E-state index < -0.39 is 11.8 Å². The number of ether oxygens (including phenoxy) is 2. The molecule has 142 valence electrons. The first-order valence-corrected chi connectivity index (χ1v) is 9.22. The van der Waals surface area contributed by atoms with Crippen LogP contribution in [0.2, 0.25) is 0 Å². The summed E-state index contributed by atoms with van der Waals surface area (Å²) in [6.07, 6.45) is 6.21. The first kappa shape index (κ1) is 19.1. The van der Waals surface area contributed by atoms with Crippen molar-refractivity contribution in [1.82, 2.24) is 0 Å². The number of hydrogen-bond donors (Lipinski definition) is 0. The van der Waals surface area contributed by atoms with Gasteiger partial charge >= 0.3 is 5.97 Å². The molecule has 1 saturated carbocycles. The SMILES string of the molecule is COc1ccc(C(=O)OCC(=O)c2ccc(C3CCCCC3)cc2)cc1F. The number of benzene rings is 2. The quantitative estimate of drug-likeness (QED) is 0.535. The standard InChI is InChI=1S/C22H23FO4/c1-26-21-12-11-18(13-19(21)23)22(25)27-14-20(24)17-9-7-16(8-10-17)15-5-3-2-4-6-15/h7-13,15H,2-6,14H2,1H3. The summed E-state index contributed by atoms with van der Waals surface area (Å²) in [7, 11) is 1.34. The lowest BCUT2D eigenvalue weighted by Gasteiger charge is -2.22. The largest absolute Gasteiger partial charge is 0.494 e. The van der Waals surface area contributed by atoms with Crippen molar-refractivity contribution >= 4 is 11.8 Å². The number of esters is 1. The average Bonchev–Trinajstić information content (AvgIpc) is 2.72. The van der Waals surface area contributed by atoms with Gasteiger partial charge in [0.1, 0.15) is 0 Å². The molecule has 3 rings (SSSR count). The Hall–Kier alpha value is -2.69. The monoisotopic (exact) mass is 370 g/mol. The van der Waals surface area contributed by atoms with Crippen molar-refractivity contribution in [2.24, 2.45) is 0 Å². The fourth-order valence-electron chi connectivity index (χ4n) is 3.47. The number of rotatable bonds is 6. The van der Waals surface area contributed by atoms with Crippen LogP contribution in [0.15, 0.2) is 42.5 Å². The van der Waals surface area contributed by atoms with Gasteiger partial charge in [0.15, 0.2) is 24.0 Å². The third-order valence-electron chi connectivity index (χ3n) is 5.03. The second-order valence-corrected chi connectivity index (χ2v) is 6.81. The summed E-state index contributed by atoms with van der Waals surface area (Å²) in [5, 5.41) is 0. The van der Waals surface area contributed by atoms with Gasteiger partial charge < -0.3 is 9.47 Å². The van der Waals surface area contributed by atoms with Crippen LogP contribution in [0.1, 0.15) is 64.3 Å². The van der Waals surface area contributed by atoms with Gasteiger partial charge in [-0.3, -0.25) is 4.79 Å². The number of hydrogen-bond acceptors (Lipinski definition) is 4. The molecule has 2 aromatic carbocycles. The van der Waals surface area contributed by atoms with Crippen molar-refractivity contribution in [2.75, 3.05) is 13.7 Å². The van der Waals surface area contributed by atoms with Gasteiger partial charge in [-0.25, -0.2) is 9.18 Å². The molecule has 1 aliphatic carbocycles. The Balaban J connectivity index is 1.57. The Bertz CT molecular complexity index is 808. The minimum Gasteiger partial charge on any atom is -0.494 e. The van der Waals surface area contributed by atoms with Gasteiger partial charge in [0.2, 0.25) is 0 Å². The summed E-state index contributed by atoms with van der Waals surface area (Å²) in [4.78, 5) is 24.3. The molecule has 1 aliphatic rings. The Labute approximate surface area is 158 Å². The predicted molar refractivity (Wildman–Crippen MR) is 99.8 cm³/mol. The predicted octanol–water partition coefficient (Wildman–Crippen LogP) is 4.92. The Kier molecular flexibility index (Phi) is 6.22. The minimum atomic E-state index is -0.747. The minimum absolute atomic E-state index is 0.0359. The van der Waals surface area contributed by atoms with Crippen molar-refractivity contribution in [3.05, 3.63) is 65.0 Å². The maximum Gasteiger partial charge on any atom is 0.338 e. The lowest BCUT2D eigenvalue weighted by atomic mass is 9.84. The highest BCUT2D eigenvalue weighted by Gasteiger charge is 2.17. The van der Waals surface area contributed by atoms with Crippen LogP contribution in [0.4, 0.5) is 4.39 Å². The molecule has 0 heterocycles. The molecule has 0 saturated heterocycles. The van der Waals surface area contributed by atoms with E-state index >= 15 is 0 Å². The Morgan fingerprint density at radius 2 is 1.67 bits per heavy atom. The van der Waals surface area contributed by atoms with Gasteiger partial charge in [0, 0.05) is 5.56 Å². The van der Waals surface area contributed by atoms with Gasteiger partial charge in [-0.05, 0) is 42.5 Å². The Morgan fingerprint density at radius 1 is 1.00 bits per heavy atom. The van der Waals surface area contributed by atoms with E-state index in [-0.39, 0.29) is 23.7 Å². The molecule has 0 amide bonds. The van der Waals surface area contributed by atoms with Gasteiger partial charge in [-0.2, -0.15) is 0 Å². The first-order chi connectivity index (χ1) is 13.1. The summed E-state index contributed by atoms with van der Waals surface area (Å²) < 4.78 is 23.5. The third-order valence-corrected chi connectivity index (χ3v) is 5.03. The number of ketones is 1. The second kappa shape index (κ2) is 8.80. The number of methoxy groups -OCH3 is 1. The normalized spacial score (nSPS) is 14.6. The molecule has 0 bridgehead atoms. The average molecular weight is 370 g/mol. The van der Waals surface area contributed by atoms with Crippen LogP contribution in [0, 0.1) is 5.82 Å². The molecule has 1 fully saturated rings. The van der Waals surface area contributed by atoms with Crippen LogP contribution in [-0.2, 0) is 4.74 Å². The summed E-state index contributed by atoms with van der Waals surface area (Å²) in [6.45, 7) is -0.380. The van der Waals surface area contributed by atoms with E-state index in [1.807, 2.05) is 12.1 Å². The van der Waals surface area contributed by atoms with Crippen molar-refractivity contribution in [3.8, 4) is 5.75 Å². The summed E-state index contributed by atoms with van der Waals surface area (Å²) in [5.41, 5.74) is 1.80. The van der Waals surface area contributed by atoms with E-state index in [1.165, 1.54) is 56.9 Å². The highest BCUT2D eigenvalue weighted by atomic mass is 19.1. The first-order valence-electron chi connectivity index (χ1n) is 9.22. The van der Waals surface area contributed by atoms with Crippen LogP contribution in [0.3, 0.4) is 0 Å². The molecule has 0 radical (unpaired) electrons. The molecule has 0 atom stereocenters. The lowest BCUT2D eigenvalue weighted by molar-refractivity contribution is 0.0474. The highest BCUT2D eigenvalue weighted by Crippen LogP contribution is 2.32. The number of Topliss-reactive ketones (excluding diaryl/α,β-unsaturated/α-hetero) is 1. The molecule has 2 aromatic rings. The van der Waals surface area contributed by atoms with Crippen LogP contribution in [-0.4, -0.2) is 25.5 Å². The molecule has 0 aliphatic heterocycles. The maximum atomic E-state index is 13.7. The highest BCUT2D eigenvalue weighted by molar-refractivity contribution is 5.99. The zero-order valence-corrected chi connectivity index (χ0v) is 15.4. The smallest absolute Gasteiger partial charge is 0.338 e. The lowest BCUT2D eigenvalue weighted by Crippen LogP contribution is -2.14. The third kappa shape index (κ3) is 4.73. The topological polar surface area (TPSA) is 52.6 Å². The van der Waals surface area contributed by atoms with Gasteiger partial charge in [0.05, 0.1) is 12.7 Å². The summed E-state index contributed by atoms with van der Waals surface area (Å²) >= 11 is 0. The van der Waals surface area contributed by atoms with Crippen LogP contribution in [0.25, 0.3) is 0 Å². The van der Waals surface area contributed by atoms with Crippen molar-refractivity contribution in [3.63, 3.8) is 0 Å². The van der Waals surface area contributed by atoms with Crippen molar-refractivity contribution < 1.29 is 23.5 Å². The molecule has 0 spiro atoms. The molecule has 0 aromatic heterocycles. The maximum absolute atomic E-state index is 13.7. The van der Waals surface area contributed by atoms with Crippen LogP contribution >= 0.6 is 0 Å². The second-order valence-electron chi connectivity index (χ2n) is 6.81. The Morgan fingerprint density at radius 3 is 2.30 bits per heavy atom. The van der Waals surface area contributed by atoms with E-state index in [4.69, 9.17) is 9.47 Å². The zero-order chi connectivity index (χ0) is 19.2. The molecule has 5 heteroatoms. The van der Waals surface area contributed by atoms with E-state index in [1.54, 1.807) is 12.1 Å². The van der Waals surface area contributed by atoms with Gasteiger partial charge in [-0.15, -0.1) is 0 Å². The molecule has 0 unspecified atom stereocenters. The fourth-order valence-corrected chi connectivity index (χ4v) is 3.47. The molecular formula is C22H23FO4. The zero-order valence-electron chi connectivity index (χ0n) is 15.4. The van der Waals surface area contributed by atoms with Crippen LogP contribution < -0.4 is 4.74 Å². The molecule has 0 N–H and O–H groups in total. The molecule has 4 nitrogen and oxygen atoms in total. The number of carbonyl (C=O) groups is 2. The van der Waals surface area contributed by atoms with Gasteiger partial charge in [-0.1, -0.05) is 43.5 Å². The van der Waals surface area contributed by atoms with E-state index in [2.05, 4.69) is 0 Å². The molecule has 27 heavy (non-hydrogen) atoms. The fraction of sp³-hybridized carbons (Fsp3) is 0.364. The van der Waals surface area contributed by atoms with E-state index in [0.717, 1.165) is 6.07 Å². The molecular weight excluding hydrogens is 347 g/mol. The number of halogens is 1. The van der Waals surface area contributed by atoms with Crippen molar-refractivity contribution in [2.45, 2.75) is 38.0 Å². The van der Waals surface area contributed by atoms with E-state index in [0.29, 0.717) is 11.5 Å². The van der Waals surface area contributed by atoms with Crippen LogP contribution in [0.5, 0.6) is 5.75 Å². The summed E-state index contributed by atoms with van der Waals surface area (Å²) in [5.74, 6) is -1.07. The number of carbonyl (C=O) groups excluding carboxylic acids is 2.